The summed E-state index contributed by atoms with van der Waals surface area (Å²) in [5, 5.41) is 0.0372. The van der Waals surface area contributed by atoms with Crippen LogP contribution in [0.3, 0.4) is 0 Å². The van der Waals surface area contributed by atoms with Gasteiger partial charge in [0.05, 0.1) is 12.0 Å². The molecule has 1 rings (SSSR count). The van der Waals surface area contributed by atoms with E-state index in [-0.39, 0.29) is 29.6 Å². The molecule has 6 heteroatoms. The molecule has 0 saturated carbocycles. The lowest BCUT2D eigenvalue weighted by Crippen LogP contribution is -2.47. The highest BCUT2D eigenvalue weighted by Gasteiger charge is 2.43. The van der Waals surface area contributed by atoms with Crippen molar-refractivity contribution >= 4 is 35.2 Å². The van der Waals surface area contributed by atoms with Crippen LogP contribution in [0.2, 0.25) is 0 Å². The molecule has 1 saturated heterocycles. The summed E-state index contributed by atoms with van der Waals surface area (Å²) >= 11 is 7.26. The van der Waals surface area contributed by atoms with Crippen molar-refractivity contribution in [3.8, 4) is 0 Å². The number of carbonyl (C=O) groups is 2. The van der Waals surface area contributed by atoms with Crippen LogP contribution in [-0.4, -0.2) is 46.4 Å². The van der Waals surface area contributed by atoms with Crippen molar-refractivity contribution in [2.24, 2.45) is 5.92 Å². The molecule has 2 atom stereocenters. The Hall–Kier alpha value is -0.420. The van der Waals surface area contributed by atoms with Gasteiger partial charge in [-0.3, -0.25) is 4.79 Å². The smallest absolute Gasteiger partial charge is 0.329 e. The summed E-state index contributed by atoms with van der Waals surface area (Å²) in [5.41, 5.74) is 0. The third-order valence-corrected chi connectivity index (χ3v) is 4.57. The van der Waals surface area contributed by atoms with Gasteiger partial charge in [-0.2, -0.15) is 0 Å². The Kier molecular flexibility index (Phi) is 6.29. The number of hydrogen-bond donors (Lipinski definition) is 0. The normalized spacial score (nSPS) is 23.5. The lowest BCUT2D eigenvalue weighted by atomic mass is 10.1. The van der Waals surface area contributed by atoms with E-state index in [9.17, 15) is 9.59 Å². The van der Waals surface area contributed by atoms with Gasteiger partial charge in [-0.1, -0.05) is 13.8 Å². The molecule has 2 unspecified atom stereocenters. The third kappa shape index (κ3) is 3.54. The quantitative estimate of drug-likeness (QED) is 0.575. The van der Waals surface area contributed by atoms with Crippen molar-refractivity contribution in [1.82, 2.24) is 4.90 Å². The molecule has 4 nitrogen and oxygen atoms in total. The van der Waals surface area contributed by atoms with Crippen LogP contribution in [0.4, 0.5) is 0 Å². The molecule has 1 amide bonds. The first-order valence-electron chi connectivity index (χ1n) is 6.18. The fourth-order valence-electron chi connectivity index (χ4n) is 1.99. The van der Waals surface area contributed by atoms with E-state index in [1.165, 1.54) is 0 Å². The van der Waals surface area contributed by atoms with E-state index in [0.29, 0.717) is 18.3 Å². The predicted octanol–water partition coefficient (Wildman–Crippen LogP) is 2.10. The van der Waals surface area contributed by atoms with Gasteiger partial charge in [-0.05, 0) is 12.8 Å². The maximum atomic E-state index is 12.1. The van der Waals surface area contributed by atoms with Gasteiger partial charge in [0.1, 0.15) is 6.04 Å². The number of halogens is 1. The summed E-state index contributed by atoms with van der Waals surface area (Å²) in [4.78, 5) is 25.6. The molecule has 0 spiro atoms. The van der Waals surface area contributed by atoms with Gasteiger partial charge in [-0.25, -0.2) is 4.79 Å². The molecule has 0 aliphatic carbocycles. The lowest BCUT2D eigenvalue weighted by molar-refractivity contribution is -0.154. The van der Waals surface area contributed by atoms with E-state index in [0.717, 1.165) is 0 Å². The van der Waals surface area contributed by atoms with Crippen LogP contribution in [0.25, 0.3) is 0 Å². The maximum absolute atomic E-state index is 12.1. The fourth-order valence-corrected chi connectivity index (χ4v) is 3.63. The van der Waals surface area contributed by atoms with Gasteiger partial charge in [0.15, 0.2) is 0 Å². The standard InChI is InChI=1S/C12H20ClNO3S/c1-4-17-12(16)9-7-18-11(8(2)3)14(9)10(15)5-6-13/h8-9,11H,4-7H2,1-3H3. The monoisotopic (exact) mass is 293 g/mol. The van der Waals surface area contributed by atoms with Gasteiger partial charge in [-0.15, -0.1) is 23.4 Å². The first-order chi connectivity index (χ1) is 8.52. The molecule has 0 radical (unpaired) electrons. The molecule has 1 aliphatic heterocycles. The molecule has 18 heavy (non-hydrogen) atoms. The van der Waals surface area contributed by atoms with Gasteiger partial charge in [0, 0.05) is 18.1 Å². The van der Waals surface area contributed by atoms with E-state index < -0.39 is 6.04 Å². The number of ether oxygens (including phenoxy) is 1. The minimum Gasteiger partial charge on any atom is -0.464 e. The molecule has 0 N–H and O–H groups in total. The Labute approximate surface area is 117 Å². The molecule has 0 aromatic rings. The third-order valence-electron chi connectivity index (χ3n) is 2.76. The first-order valence-corrected chi connectivity index (χ1v) is 7.76. The van der Waals surface area contributed by atoms with Gasteiger partial charge in [0.2, 0.25) is 5.91 Å². The highest BCUT2D eigenvalue weighted by Crippen LogP contribution is 2.34. The highest BCUT2D eigenvalue weighted by molar-refractivity contribution is 8.00. The minimum absolute atomic E-state index is 0.0372. The summed E-state index contributed by atoms with van der Waals surface area (Å²) < 4.78 is 5.03. The second-order valence-electron chi connectivity index (χ2n) is 4.48. The number of thioether (sulfide) groups is 1. The zero-order chi connectivity index (χ0) is 13.7. The van der Waals surface area contributed by atoms with Crippen LogP contribution >= 0.6 is 23.4 Å². The number of rotatable bonds is 5. The Morgan fingerprint density at radius 3 is 2.67 bits per heavy atom. The zero-order valence-corrected chi connectivity index (χ0v) is 12.6. The molecule has 0 aromatic heterocycles. The van der Waals surface area contributed by atoms with Crippen LogP contribution in [0.1, 0.15) is 27.2 Å². The second kappa shape index (κ2) is 7.24. The van der Waals surface area contributed by atoms with Crippen LogP contribution in [0.5, 0.6) is 0 Å². The predicted molar refractivity (Wildman–Crippen MR) is 73.7 cm³/mol. The second-order valence-corrected chi connectivity index (χ2v) is 6.00. The number of hydrogen-bond acceptors (Lipinski definition) is 4. The van der Waals surface area contributed by atoms with Crippen LogP contribution in [0.15, 0.2) is 0 Å². The van der Waals surface area contributed by atoms with Crippen molar-refractivity contribution in [2.75, 3.05) is 18.2 Å². The van der Waals surface area contributed by atoms with Crippen molar-refractivity contribution in [1.29, 1.82) is 0 Å². The maximum Gasteiger partial charge on any atom is 0.329 e. The zero-order valence-electron chi connectivity index (χ0n) is 11.0. The van der Waals surface area contributed by atoms with Gasteiger partial charge < -0.3 is 9.64 Å². The Morgan fingerprint density at radius 1 is 1.50 bits per heavy atom. The molecule has 1 aliphatic rings. The topological polar surface area (TPSA) is 46.6 Å². The number of amides is 1. The summed E-state index contributed by atoms with van der Waals surface area (Å²) in [7, 11) is 0. The summed E-state index contributed by atoms with van der Waals surface area (Å²) in [5.74, 6) is 0.812. The Morgan fingerprint density at radius 2 is 2.17 bits per heavy atom. The van der Waals surface area contributed by atoms with Gasteiger partial charge >= 0.3 is 5.97 Å². The van der Waals surface area contributed by atoms with Crippen molar-refractivity contribution in [3.05, 3.63) is 0 Å². The first kappa shape index (κ1) is 15.6. The number of nitrogens with zero attached hydrogens (tertiary/aromatic N) is 1. The lowest BCUT2D eigenvalue weighted by Gasteiger charge is -2.30. The molecule has 104 valence electrons. The SMILES string of the molecule is CCOC(=O)C1CSC(C(C)C)N1C(=O)CCCl. The minimum atomic E-state index is -0.460. The molecule has 1 heterocycles. The molecular formula is C12H20ClNO3S. The van der Waals surface area contributed by atoms with Crippen LogP contribution in [-0.2, 0) is 14.3 Å². The average molecular weight is 294 g/mol. The number of alkyl halides is 1. The van der Waals surface area contributed by atoms with E-state index in [1.54, 1.807) is 23.6 Å². The molecule has 1 fully saturated rings. The van der Waals surface area contributed by atoms with E-state index in [2.05, 4.69) is 0 Å². The molecule has 0 bridgehead atoms. The van der Waals surface area contributed by atoms with Crippen molar-refractivity contribution in [2.45, 2.75) is 38.6 Å². The van der Waals surface area contributed by atoms with Crippen LogP contribution < -0.4 is 0 Å². The fraction of sp³-hybridized carbons (Fsp3) is 0.833. The van der Waals surface area contributed by atoms with E-state index in [1.807, 2.05) is 13.8 Å². The van der Waals surface area contributed by atoms with Crippen molar-refractivity contribution < 1.29 is 14.3 Å². The van der Waals surface area contributed by atoms with Gasteiger partial charge in [0.25, 0.3) is 0 Å². The number of esters is 1. The largest absolute Gasteiger partial charge is 0.464 e. The Balaban J connectivity index is 2.83. The summed E-state index contributed by atoms with van der Waals surface area (Å²) in [6.45, 7) is 6.20. The van der Waals surface area contributed by atoms with E-state index in [4.69, 9.17) is 16.3 Å². The number of carbonyl (C=O) groups excluding carboxylic acids is 2. The Bertz CT molecular complexity index is 312. The summed E-state index contributed by atoms with van der Waals surface area (Å²) in [6, 6.07) is -0.460. The average Bonchev–Trinajstić information content (AvgIpc) is 2.74. The highest BCUT2D eigenvalue weighted by atomic mass is 35.5. The van der Waals surface area contributed by atoms with E-state index >= 15 is 0 Å². The molecular weight excluding hydrogens is 274 g/mol. The van der Waals surface area contributed by atoms with Crippen LogP contribution in [0, 0.1) is 5.92 Å². The molecule has 0 aromatic carbocycles. The summed E-state index contributed by atoms with van der Waals surface area (Å²) in [6.07, 6.45) is 0.265. The van der Waals surface area contributed by atoms with Crippen molar-refractivity contribution in [3.63, 3.8) is 0 Å².